The Labute approximate surface area is 123 Å². The quantitative estimate of drug-likeness (QED) is 0.837. The van der Waals surface area contributed by atoms with Gasteiger partial charge < -0.3 is 9.32 Å². The molecule has 1 amide bonds. The van der Waals surface area contributed by atoms with Gasteiger partial charge in [0.05, 0.1) is 17.1 Å². The molecule has 3 heterocycles. The number of hydrogen-bond acceptors (Lipinski definition) is 4. The van der Waals surface area contributed by atoms with Gasteiger partial charge in [-0.1, -0.05) is 0 Å². The fraction of sp³-hybridized carbons (Fsp3) is 0.643. The van der Waals surface area contributed by atoms with Crippen molar-refractivity contribution in [3.63, 3.8) is 0 Å². The molecule has 21 heavy (non-hydrogen) atoms. The minimum atomic E-state index is -3.15. The van der Waals surface area contributed by atoms with Crippen molar-refractivity contribution in [1.82, 2.24) is 9.21 Å². The van der Waals surface area contributed by atoms with E-state index in [0.717, 1.165) is 25.7 Å². The molecule has 1 saturated carbocycles. The van der Waals surface area contributed by atoms with Crippen molar-refractivity contribution in [2.75, 3.05) is 13.1 Å². The second-order valence-electron chi connectivity index (χ2n) is 6.08. The van der Waals surface area contributed by atoms with Crippen LogP contribution in [0.3, 0.4) is 0 Å². The van der Waals surface area contributed by atoms with Crippen molar-refractivity contribution in [1.29, 1.82) is 0 Å². The summed E-state index contributed by atoms with van der Waals surface area (Å²) in [6, 6.07) is 1.64. The molecule has 0 bridgehead atoms. The zero-order chi connectivity index (χ0) is 14.6. The first-order valence-electron chi connectivity index (χ1n) is 7.43. The highest BCUT2D eigenvalue weighted by molar-refractivity contribution is 7.90. The molecule has 0 radical (unpaired) electrons. The Hall–Kier alpha value is -1.34. The lowest BCUT2D eigenvalue weighted by atomic mass is 10.1. The normalized spacial score (nSPS) is 29.8. The van der Waals surface area contributed by atoms with Crippen LogP contribution in [0.5, 0.6) is 0 Å². The smallest absolute Gasteiger partial charge is 0.257 e. The molecule has 3 aliphatic rings. The summed E-state index contributed by atoms with van der Waals surface area (Å²) in [7, 11) is -3.15. The van der Waals surface area contributed by atoms with Crippen LogP contribution in [0.1, 0.15) is 36.0 Å². The van der Waals surface area contributed by atoms with E-state index in [2.05, 4.69) is 0 Å². The minimum absolute atomic E-state index is 0.0147. The van der Waals surface area contributed by atoms with Crippen molar-refractivity contribution < 1.29 is 17.6 Å². The molecule has 2 saturated heterocycles. The summed E-state index contributed by atoms with van der Waals surface area (Å²) in [5.41, 5.74) is 0.541. The molecule has 1 aromatic heterocycles. The van der Waals surface area contributed by atoms with E-state index in [-0.39, 0.29) is 23.2 Å². The van der Waals surface area contributed by atoms with Crippen LogP contribution in [0.4, 0.5) is 0 Å². The number of rotatable bonds is 3. The Morgan fingerprint density at radius 2 is 1.90 bits per heavy atom. The lowest BCUT2D eigenvalue weighted by Gasteiger charge is -2.25. The van der Waals surface area contributed by atoms with E-state index in [1.165, 1.54) is 12.5 Å². The van der Waals surface area contributed by atoms with Gasteiger partial charge in [0.2, 0.25) is 10.0 Å². The number of carbonyl (C=O) groups is 1. The Morgan fingerprint density at radius 1 is 1.14 bits per heavy atom. The van der Waals surface area contributed by atoms with Crippen LogP contribution in [0.15, 0.2) is 23.0 Å². The molecule has 0 unspecified atom stereocenters. The van der Waals surface area contributed by atoms with Gasteiger partial charge >= 0.3 is 0 Å². The lowest BCUT2D eigenvalue weighted by Crippen LogP contribution is -2.42. The Kier molecular flexibility index (Phi) is 2.91. The lowest BCUT2D eigenvalue weighted by molar-refractivity contribution is 0.0734. The second kappa shape index (κ2) is 4.58. The molecule has 0 N–H and O–H groups in total. The number of nitrogens with zero attached hydrogens (tertiary/aromatic N) is 2. The number of fused-ring (bicyclic) bond motifs is 1. The van der Waals surface area contributed by atoms with Gasteiger partial charge in [-0.05, 0) is 31.7 Å². The van der Waals surface area contributed by atoms with Gasteiger partial charge in [0.25, 0.3) is 5.91 Å². The molecule has 4 rings (SSSR count). The van der Waals surface area contributed by atoms with Gasteiger partial charge in [0.15, 0.2) is 0 Å². The number of sulfonamides is 1. The Morgan fingerprint density at radius 3 is 2.57 bits per heavy atom. The first kappa shape index (κ1) is 13.3. The van der Waals surface area contributed by atoms with Gasteiger partial charge in [0, 0.05) is 25.2 Å². The fourth-order valence-corrected chi connectivity index (χ4v) is 5.72. The third kappa shape index (κ3) is 2.02. The number of amides is 1. The maximum Gasteiger partial charge on any atom is 0.257 e. The highest BCUT2D eigenvalue weighted by Gasteiger charge is 2.52. The third-order valence-corrected chi connectivity index (χ3v) is 7.25. The number of furan rings is 1. The second-order valence-corrected chi connectivity index (χ2v) is 8.24. The molecule has 0 spiro atoms. The molecule has 114 valence electrons. The van der Waals surface area contributed by atoms with Gasteiger partial charge in [-0.25, -0.2) is 8.42 Å². The molecular formula is C14H18N2O4S. The van der Waals surface area contributed by atoms with Crippen LogP contribution in [-0.2, 0) is 10.0 Å². The number of hydrogen-bond donors (Lipinski definition) is 0. The Bertz CT molecular complexity index is 651. The summed E-state index contributed by atoms with van der Waals surface area (Å²) in [6.45, 7) is 1.17. The molecule has 0 aromatic carbocycles. The van der Waals surface area contributed by atoms with E-state index >= 15 is 0 Å². The van der Waals surface area contributed by atoms with Gasteiger partial charge in [-0.2, -0.15) is 4.31 Å². The first-order valence-corrected chi connectivity index (χ1v) is 8.93. The summed E-state index contributed by atoms with van der Waals surface area (Å²) < 4.78 is 31.5. The SMILES string of the molecule is O=C(c1ccoc1)N1CC[C@@H]2[C@@H]1CCN2S(=O)(=O)C1CC1. The highest BCUT2D eigenvalue weighted by atomic mass is 32.2. The van der Waals surface area contributed by atoms with Crippen LogP contribution in [-0.4, -0.2) is 54.0 Å². The fourth-order valence-electron chi connectivity index (χ4n) is 3.62. The van der Waals surface area contributed by atoms with E-state index in [9.17, 15) is 13.2 Å². The van der Waals surface area contributed by atoms with Crippen molar-refractivity contribution in [2.45, 2.75) is 43.0 Å². The maximum absolute atomic E-state index is 12.5. The van der Waals surface area contributed by atoms with Crippen LogP contribution < -0.4 is 0 Å². The third-order valence-electron chi connectivity index (χ3n) is 4.83. The van der Waals surface area contributed by atoms with Crippen molar-refractivity contribution >= 4 is 15.9 Å². The molecule has 3 fully saturated rings. The standard InChI is InChI=1S/C14H18N2O4S/c17-14(10-5-8-20-9-10)15-6-3-13-12(15)4-7-16(13)21(18,19)11-1-2-11/h5,8-9,11-13H,1-4,6-7H2/t12-,13+/m0/s1. The van der Waals surface area contributed by atoms with Crippen molar-refractivity contribution in [3.05, 3.63) is 24.2 Å². The van der Waals surface area contributed by atoms with Crippen LogP contribution in [0.25, 0.3) is 0 Å². The number of carbonyl (C=O) groups excluding carboxylic acids is 1. The summed E-state index contributed by atoms with van der Waals surface area (Å²) in [5.74, 6) is -0.0538. The highest BCUT2D eigenvalue weighted by Crippen LogP contribution is 2.39. The average Bonchev–Trinajstić information content (AvgIpc) is 2.91. The van der Waals surface area contributed by atoms with E-state index in [1.807, 2.05) is 4.90 Å². The maximum atomic E-state index is 12.5. The van der Waals surface area contributed by atoms with Crippen molar-refractivity contribution in [3.8, 4) is 0 Å². The zero-order valence-electron chi connectivity index (χ0n) is 11.6. The van der Waals surface area contributed by atoms with Gasteiger partial charge in [0.1, 0.15) is 6.26 Å². The van der Waals surface area contributed by atoms with E-state index in [4.69, 9.17) is 4.42 Å². The van der Waals surface area contributed by atoms with Gasteiger partial charge in [-0.3, -0.25) is 4.79 Å². The Balaban J connectivity index is 1.55. The summed E-state index contributed by atoms with van der Waals surface area (Å²) in [6.07, 6.45) is 5.98. The van der Waals surface area contributed by atoms with Gasteiger partial charge in [-0.15, -0.1) is 0 Å². The molecule has 1 aliphatic carbocycles. The molecular weight excluding hydrogens is 292 g/mol. The molecule has 2 aliphatic heterocycles. The monoisotopic (exact) mass is 310 g/mol. The minimum Gasteiger partial charge on any atom is -0.472 e. The van der Waals surface area contributed by atoms with E-state index < -0.39 is 10.0 Å². The van der Waals surface area contributed by atoms with Crippen LogP contribution >= 0.6 is 0 Å². The first-order chi connectivity index (χ1) is 10.1. The summed E-state index contributed by atoms with van der Waals surface area (Å²) in [5, 5.41) is -0.171. The predicted molar refractivity (Wildman–Crippen MR) is 75.2 cm³/mol. The molecule has 6 nitrogen and oxygen atoms in total. The van der Waals surface area contributed by atoms with E-state index in [0.29, 0.717) is 18.7 Å². The number of likely N-dealkylation sites (tertiary alicyclic amines) is 1. The molecule has 2 atom stereocenters. The predicted octanol–water partition coefficient (Wildman–Crippen LogP) is 1.06. The van der Waals surface area contributed by atoms with Crippen LogP contribution in [0.2, 0.25) is 0 Å². The summed E-state index contributed by atoms with van der Waals surface area (Å²) in [4.78, 5) is 14.3. The van der Waals surface area contributed by atoms with Crippen molar-refractivity contribution in [2.24, 2.45) is 0 Å². The zero-order valence-corrected chi connectivity index (χ0v) is 12.5. The topological polar surface area (TPSA) is 70.8 Å². The average molecular weight is 310 g/mol. The van der Waals surface area contributed by atoms with Crippen LogP contribution in [0, 0.1) is 0 Å². The van der Waals surface area contributed by atoms with E-state index in [1.54, 1.807) is 10.4 Å². The molecule has 1 aromatic rings. The largest absolute Gasteiger partial charge is 0.472 e. The molecule has 7 heteroatoms. The summed E-state index contributed by atoms with van der Waals surface area (Å²) >= 11 is 0.